The number of aromatic nitrogens is 4. The molecule has 1 amide bonds. The lowest BCUT2D eigenvalue weighted by Crippen LogP contribution is -2.23. The number of benzene rings is 1. The van der Waals surface area contributed by atoms with Gasteiger partial charge in [-0.3, -0.25) is 19.0 Å². The molecular weight excluding hydrogens is 294 g/mol. The molecule has 0 aliphatic heterocycles. The Bertz CT molecular complexity index is 955. The van der Waals surface area contributed by atoms with Gasteiger partial charge in [0.25, 0.3) is 0 Å². The van der Waals surface area contributed by atoms with Crippen molar-refractivity contribution in [2.45, 2.75) is 20.4 Å². The fourth-order valence-corrected chi connectivity index (χ4v) is 2.56. The third-order valence-corrected chi connectivity index (χ3v) is 3.83. The number of carbonyl (C=O) groups excluding carboxylic acids is 1. The van der Waals surface area contributed by atoms with Crippen LogP contribution in [0.25, 0.3) is 10.9 Å². The first-order valence-corrected chi connectivity index (χ1v) is 7.22. The Balaban J connectivity index is 1.89. The first kappa shape index (κ1) is 15.0. The first-order chi connectivity index (χ1) is 11.0. The van der Waals surface area contributed by atoms with E-state index >= 15 is 0 Å². The summed E-state index contributed by atoms with van der Waals surface area (Å²) < 4.78 is 3.24. The zero-order valence-electron chi connectivity index (χ0n) is 13.2. The lowest BCUT2D eigenvalue weighted by molar-refractivity contribution is -0.116. The van der Waals surface area contributed by atoms with E-state index in [9.17, 15) is 9.59 Å². The molecule has 2 heterocycles. The van der Waals surface area contributed by atoms with E-state index in [-0.39, 0.29) is 17.9 Å². The van der Waals surface area contributed by atoms with Crippen molar-refractivity contribution < 1.29 is 4.79 Å². The highest BCUT2D eigenvalue weighted by Crippen LogP contribution is 2.18. The minimum Gasteiger partial charge on any atom is -0.321 e. The normalized spacial score (nSPS) is 10.9. The van der Waals surface area contributed by atoms with E-state index in [1.54, 1.807) is 22.9 Å². The molecule has 2 aromatic heterocycles. The summed E-state index contributed by atoms with van der Waals surface area (Å²) in [6.45, 7) is 3.76. The lowest BCUT2D eigenvalue weighted by Gasteiger charge is -2.10. The number of hydrogen-bond acceptors (Lipinski definition) is 4. The smallest absolute Gasteiger partial charge is 0.246 e. The van der Waals surface area contributed by atoms with E-state index in [1.165, 1.54) is 10.9 Å². The van der Waals surface area contributed by atoms with Crippen molar-refractivity contribution in [1.82, 2.24) is 19.6 Å². The Kier molecular flexibility index (Phi) is 3.69. The fraction of sp³-hybridized carbons (Fsp3) is 0.250. The molecule has 0 aliphatic carbocycles. The predicted octanol–water partition coefficient (Wildman–Crippen LogP) is 1.39. The molecule has 7 heteroatoms. The van der Waals surface area contributed by atoms with Gasteiger partial charge in [-0.25, -0.2) is 0 Å². The molecule has 1 aromatic carbocycles. The van der Waals surface area contributed by atoms with E-state index in [0.717, 1.165) is 11.4 Å². The van der Waals surface area contributed by atoms with Gasteiger partial charge >= 0.3 is 0 Å². The Morgan fingerprint density at radius 1 is 1.26 bits per heavy atom. The summed E-state index contributed by atoms with van der Waals surface area (Å²) in [5, 5.41) is 11.7. The average Bonchev–Trinajstić information content (AvgIpc) is 2.77. The van der Waals surface area contributed by atoms with Crippen LogP contribution in [0.1, 0.15) is 11.4 Å². The number of fused-ring (bicyclic) bond motifs is 1. The van der Waals surface area contributed by atoms with Crippen LogP contribution in [-0.4, -0.2) is 25.5 Å². The topological polar surface area (TPSA) is 81.8 Å². The van der Waals surface area contributed by atoms with Crippen molar-refractivity contribution >= 4 is 22.5 Å². The van der Waals surface area contributed by atoms with Gasteiger partial charge in [-0.15, -0.1) is 0 Å². The van der Waals surface area contributed by atoms with Crippen molar-refractivity contribution in [2.24, 2.45) is 7.05 Å². The highest BCUT2D eigenvalue weighted by molar-refractivity contribution is 5.92. The maximum Gasteiger partial charge on any atom is 0.246 e. The van der Waals surface area contributed by atoms with Gasteiger partial charge in [0, 0.05) is 12.4 Å². The van der Waals surface area contributed by atoms with Crippen LogP contribution in [0.3, 0.4) is 0 Å². The molecule has 0 unspecified atom stereocenters. The minimum absolute atomic E-state index is 0.0224. The van der Waals surface area contributed by atoms with E-state index in [0.29, 0.717) is 16.6 Å². The van der Waals surface area contributed by atoms with Gasteiger partial charge in [0.1, 0.15) is 6.54 Å². The van der Waals surface area contributed by atoms with Crippen LogP contribution in [0.2, 0.25) is 0 Å². The summed E-state index contributed by atoms with van der Waals surface area (Å²) in [4.78, 5) is 24.1. The maximum atomic E-state index is 12.3. The number of anilines is 1. The van der Waals surface area contributed by atoms with E-state index in [2.05, 4.69) is 15.5 Å². The molecule has 7 nitrogen and oxygen atoms in total. The SMILES string of the molecule is Cc1nn(C)c(C)c1NC(=O)Cn1ncc(=O)c2ccccc21. The number of nitrogens with one attached hydrogen (secondary N) is 1. The molecule has 0 spiro atoms. The number of carbonyl (C=O) groups is 1. The van der Waals surface area contributed by atoms with Gasteiger partial charge in [0.15, 0.2) is 0 Å². The third kappa shape index (κ3) is 2.73. The summed E-state index contributed by atoms with van der Waals surface area (Å²) in [5.74, 6) is -0.217. The molecule has 3 aromatic rings. The van der Waals surface area contributed by atoms with E-state index < -0.39 is 0 Å². The first-order valence-electron chi connectivity index (χ1n) is 7.22. The van der Waals surface area contributed by atoms with Crippen LogP contribution in [0.4, 0.5) is 5.69 Å². The van der Waals surface area contributed by atoms with Crippen molar-refractivity contribution in [1.29, 1.82) is 0 Å². The molecule has 3 rings (SSSR count). The standard InChI is InChI=1S/C16H17N5O2/c1-10-16(11(2)20(3)19-10)18-15(23)9-21-13-7-5-4-6-12(13)14(22)8-17-21/h4-8H,9H2,1-3H3,(H,18,23). The molecular formula is C16H17N5O2. The second-order valence-corrected chi connectivity index (χ2v) is 5.40. The molecule has 118 valence electrons. The molecule has 23 heavy (non-hydrogen) atoms. The second-order valence-electron chi connectivity index (χ2n) is 5.40. The van der Waals surface area contributed by atoms with Crippen LogP contribution >= 0.6 is 0 Å². The quantitative estimate of drug-likeness (QED) is 0.792. The number of nitrogens with zero attached hydrogens (tertiary/aromatic N) is 4. The van der Waals surface area contributed by atoms with Crippen molar-refractivity contribution in [3.05, 3.63) is 52.1 Å². The Labute approximate surface area is 132 Å². The summed E-state index contributed by atoms with van der Waals surface area (Å²) in [5.41, 5.74) is 2.83. The molecule has 0 saturated carbocycles. The van der Waals surface area contributed by atoms with Gasteiger partial charge < -0.3 is 5.32 Å². The van der Waals surface area contributed by atoms with Crippen molar-refractivity contribution in [2.75, 3.05) is 5.32 Å². The molecule has 0 fully saturated rings. The Morgan fingerprint density at radius 3 is 2.70 bits per heavy atom. The zero-order chi connectivity index (χ0) is 16.6. The van der Waals surface area contributed by atoms with Gasteiger partial charge in [-0.1, -0.05) is 12.1 Å². The van der Waals surface area contributed by atoms with Crippen LogP contribution < -0.4 is 10.7 Å². The Hall–Kier alpha value is -2.96. The van der Waals surface area contributed by atoms with Crippen LogP contribution in [0.15, 0.2) is 35.3 Å². The monoisotopic (exact) mass is 311 g/mol. The summed E-state index contributed by atoms with van der Waals surface area (Å²) in [6, 6.07) is 7.10. The highest BCUT2D eigenvalue weighted by atomic mass is 16.2. The molecule has 0 radical (unpaired) electrons. The second kappa shape index (κ2) is 5.68. The number of hydrogen-bond donors (Lipinski definition) is 1. The fourth-order valence-electron chi connectivity index (χ4n) is 2.56. The summed E-state index contributed by atoms with van der Waals surface area (Å²) in [7, 11) is 1.83. The summed E-state index contributed by atoms with van der Waals surface area (Å²) >= 11 is 0. The maximum absolute atomic E-state index is 12.3. The van der Waals surface area contributed by atoms with Gasteiger partial charge in [-0.2, -0.15) is 10.2 Å². The average molecular weight is 311 g/mol. The number of rotatable bonds is 3. The largest absolute Gasteiger partial charge is 0.321 e. The summed E-state index contributed by atoms with van der Waals surface area (Å²) in [6.07, 6.45) is 1.23. The minimum atomic E-state index is -0.217. The van der Waals surface area contributed by atoms with Crippen LogP contribution in [0.5, 0.6) is 0 Å². The third-order valence-electron chi connectivity index (χ3n) is 3.83. The molecule has 1 N–H and O–H groups in total. The zero-order valence-corrected chi connectivity index (χ0v) is 13.2. The number of amides is 1. The highest BCUT2D eigenvalue weighted by Gasteiger charge is 2.14. The molecule has 0 aliphatic rings. The Morgan fingerprint density at radius 2 is 2.00 bits per heavy atom. The van der Waals surface area contributed by atoms with Crippen molar-refractivity contribution in [3.8, 4) is 0 Å². The van der Waals surface area contributed by atoms with Crippen molar-refractivity contribution in [3.63, 3.8) is 0 Å². The van der Waals surface area contributed by atoms with E-state index in [4.69, 9.17) is 0 Å². The van der Waals surface area contributed by atoms with Gasteiger partial charge in [0.2, 0.25) is 11.3 Å². The number of aryl methyl sites for hydroxylation is 2. The van der Waals surface area contributed by atoms with E-state index in [1.807, 2.05) is 27.0 Å². The van der Waals surface area contributed by atoms with Crippen LogP contribution in [-0.2, 0) is 18.4 Å². The van der Waals surface area contributed by atoms with Crippen LogP contribution in [0, 0.1) is 13.8 Å². The lowest BCUT2D eigenvalue weighted by atomic mass is 10.2. The number of para-hydroxylation sites is 1. The predicted molar refractivity (Wildman–Crippen MR) is 87.3 cm³/mol. The van der Waals surface area contributed by atoms with Gasteiger partial charge in [-0.05, 0) is 26.0 Å². The molecule has 0 bridgehead atoms. The molecule has 0 saturated heterocycles. The molecule has 0 atom stereocenters. The van der Waals surface area contributed by atoms with Gasteiger partial charge in [0.05, 0.1) is 28.8 Å².